The Hall–Kier alpha value is -2.75. The largest absolute Gasteiger partial charge is 0.467 e. The zero-order chi connectivity index (χ0) is 23.9. The molecule has 0 spiro atoms. The van der Waals surface area contributed by atoms with Crippen molar-refractivity contribution in [1.82, 2.24) is 24.6 Å². The van der Waals surface area contributed by atoms with Gasteiger partial charge in [0.25, 0.3) is 0 Å². The van der Waals surface area contributed by atoms with Crippen LogP contribution in [0, 0.1) is 6.92 Å². The van der Waals surface area contributed by atoms with Crippen molar-refractivity contribution in [3.05, 3.63) is 35.5 Å². The van der Waals surface area contributed by atoms with Gasteiger partial charge in [0.1, 0.15) is 5.82 Å². The van der Waals surface area contributed by atoms with Gasteiger partial charge in [0, 0.05) is 37.2 Å². The van der Waals surface area contributed by atoms with Gasteiger partial charge in [-0.3, -0.25) is 4.90 Å². The number of anilines is 1. The summed E-state index contributed by atoms with van der Waals surface area (Å²) < 4.78 is 12.9. The molecule has 1 aromatic carbocycles. The maximum atomic E-state index is 10.00. The van der Waals surface area contributed by atoms with Gasteiger partial charge in [0.15, 0.2) is 5.82 Å². The van der Waals surface area contributed by atoms with Crippen molar-refractivity contribution < 1.29 is 14.6 Å². The predicted octanol–water partition coefficient (Wildman–Crippen LogP) is 2.67. The van der Waals surface area contributed by atoms with Gasteiger partial charge in [-0.25, -0.2) is 4.68 Å². The molecule has 186 valence electrons. The van der Waals surface area contributed by atoms with Crippen LogP contribution in [0.1, 0.15) is 42.7 Å². The summed E-state index contributed by atoms with van der Waals surface area (Å²) in [6.07, 6.45) is 5.81. The molecule has 3 aromatic rings. The first-order valence-electron chi connectivity index (χ1n) is 12.8. The van der Waals surface area contributed by atoms with E-state index in [1.54, 1.807) is 7.11 Å². The SMILES string of the molecule is COc1nc(N2CC[C@H](O)C2)cc(-n2ncc3cc(C)c(C4CCN(C5CCOC5)CC4)cc32)n1. The molecule has 9 nitrogen and oxygen atoms in total. The summed E-state index contributed by atoms with van der Waals surface area (Å²) >= 11 is 0. The van der Waals surface area contributed by atoms with Crippen LogP contribution in [-0.2, 0) is 4.74 Å². The number of fused-ring (bicyclic) bond motifs is 1. The van der Waals surface area contributed by atoms with E-state index >= 15 is 0 Å². The van der Waals surface area contributed by atoms with E-state index in [0.717, 1.165) is 62.4 Å². The van der Waals surface area contributed by atoms with Crippen molar-refractivity contribution in [3.63, 3.8) is 0 Å². The van der Waals surface area contributed by atoms with Crippen molar-refractivity contribution >= 4 is 16.7 Å². The minimum atomic E-state index is -0.330. The average molecular weight is 479 g/mol. The Kier molecular flexibility index (Phi) is 6.07. The van der Waals surface area contributed by atoms with Gasteiger partial charge in [-0.05, 0) is 74.9 Å². The van der Waals surface area contributed by atoms with Crippen molar-refractivity contribution in [2.24, 2.45) is 0 Å². The lowest BCUT2D eigenvalue weighted by Gasteiger charge is -2.36. The number of ether oxygens (including phenoxy) is 2. The van der Waals surface area contributed by atoms with E-state index < -0.39 is 0 Å². The van der Waals surface area contributed by atoms with E-state index in [2.05, 4.69) is 38.8 Å². The van der Waals surface area contributed by atoms with Crippen LogP contribution in [0.15, 0.2) is 24.4 Å². The molecule has 0 saturated carbocycles. The van der Waals surface area contributed by atoms with Crippen LogP contribution in [0.2, 0.25) is 0 Å². The van der Waals surface area contributed by atoms with Crippen LogP contribution in [-0.4, -0.2) is 88.4 Å². The number of nitrogens with zero attached hydrogens (tertiary/aromatic N) is 6. The molecular weight excluding hydrogens is 444 g/mol. The normalized spacial score (nSPS) is 24.0. The number of benzene rings is 1. The molecule has 0 aliphatic carbocycles. The second-order valence-electron chi connectivity index (χ2n) is 10.1. The van der Waals surface area contributed by atoms with Gasteiger partial charge in [-0.1, -0.05) is 0 Å². The zero-order valence-electron chi connectivity index (χ0n) is 20.6. The molecule has 3 fully saturated rings. The first-order valence-corrected chi connectivity index (χ1v) is 12.8. The smallest absolute Gasteiger partial charge is 0.320 e. The summed E-state index contributed by atoms with van der Waals surface area (Å²) in [5.74, 6) is 1.97. The lowest BCUT2D eigenvalue weighted by atomic mass is 9.86. The number of aryl methyl sites for hydroxylation is 1. The standard InChI is InChI=1S/C26H34N6O3/c1-17-11-19-14-27-32(25-13-24(28-26(29-25)34-2)31-9-5-21(33)15-31)23(19)12-22(17)18-3-7-30(8-4-18)20-6-10-35-16-20/h11-14,18,20-21,33H,3-10,15-16H2,1-2H3/t20?,21-/m0/s1. The monoisotopic (exact) mass is 478 g/mol. The molecule has 0 radical (unpaired) electrons. The molecular formula is C26H34N6O3. The predicted molar refractivity (Wildman–Crippen MR) is 134 cm³/mol. The lowest BCUT2D eigenvalue weighted by Crippen LogP contribution is -2.41. The van der Waals surface area contributed by atoms with Crippen molar-refractivity contribution in [2.75, 3.05) is 51.4 Å². The summed E-state index contributed by atoms with van der Waals surface area (Å²) in [5.41, 5.74) is 3.78. The van der Waals surface area contributed by atoms with E-state index in [9.17, 15) is 5.11 Å². The third-order valence-electron chi connectivity index (χ3n) is 7.91. The summed E-state index contributed by atoms with van der Waals surface area (Å²) in [4.78, 5) is 13.8. The summed E-state index contributed by atoms with van der Waals surface area (Å²) in [7, 11) is 1.58. The van der Waals surface area contributed by atoms with Crippen LogP contribution >= 0.6 is 0 Å². The molecule has 35 heavy (non-hydrogen) atoms. The zero-order valence-corrected chi connectivity index (χ0v) is 20.6. The first-order chi connectivity index (χ1) is 17.1. The maximum absolute atomic E-state index is 10.00. The van der Waals surface area contributed by atoms with Crippen LogP contribution in [0.3, 0.4) is 0 Å². The molecule has 5 heterocycles. The second kappa shape index (κ2) is 9.37. The molecule has 0 bridgehead atoms. The number of methoxy groups -OCH3 is 1. The van der Waals surface area contributed by atoms with Crippen molar-refractivity contribution in [1.29, 1.82) is 0 Å². The Morgan fingerprint density at radius 2 is 1.86 bits per heavy atom. The molecule has 1 N–H and O–H groups in total. The minimum absolute atomic E-state index is 0.304. The molecule has 9 heteroatoms. The number of aliphatic hydroxyl groups excluding tert-OH is 1. The van der Waals surface area contributed by atoms with Crippen molar-refractivity contribution in [2.45, 2.75) is 50.7 Å². The lowest BCUT2D eigenvalue weighted by molar-refractivity contribution is 0.122. The van der Waals surface area contributed by atoms with Crippen LogP contribution < -0.4 is 9.64 Å². The van der Waals surface area contributed by atoms with Crippen LogP contribution in [0.5, 0.6) is 6.01 Å². The van der Waals surface area contributed by atoms with Gasteiger partial charge >= 0.3 is 6.01 Å². The highest BCUT2D eigenvalue weighted by molar-refractivity contribution is 5.82. The van der Waals surface area contributed by atoms with Gasteiger partial charge in [0.05, 0.1) is 31.5 Å². The number of rotatable bonds is 5. The van der Waals surface area contributed by atoms with Crippen molar-refractivity contribution in [3.8, 4) is 11.8 Å². The van der Waals surface area contributed by atoms with Gasteiger partial charge in [-0.2, -0.15) is 15.1 Å². The van der Waals surface area contributed by atoms with E-state index in [0.29, 0.717) is 30.3 Å². The maximum Gasteiger partial charge on any atom is 0.320 e. The Balaban J connectivity index is 1.31. The van der Waals surface area contributed by atoms with Gasteiger partial charge in [-0.15, -0.1) is 0 Å². The molecule has 2 atom stereocenters. The number of likely N-dealkylation sites (tertiary alicyclic amines) is 1. The van der Waals surface area contributed by atoms with E-state index in [1.807, 2.05) is 16.9 Å². The Morgan fingerprint density at radius 3 is 2.57 bits per heavy atom. The highest BCUT2D eigenvalue weighted by Crippen LogP contribution is 2.35. The van der Waals surface area contributed by atoms with E-state index in [4.69, 9.17) is 14.6 Å². The molecule has 3 aliphatic rings. The highest BCUT2D eigenvalue weighted by Gasteiger charge is 2.29. The fraction of sp³-hybridized carbons (Fsp3) is 0.577. The fourth-order valence-electron chi connectivity index (χ4n) is 5.92. The highest BCUT2D eigenvalue weighted by atomic mass is 16.5. The number of hydrogen-bond acceptors (Lipinski definition) is 8. The van der Waals surface area contributed by atoms with Gasteiger partial charge in [0.2, 0.25) is 0 Å². The topological polar surface area (TPSA) is 88.8 Å². The van der Waals surface area contributed by atoms with E-state index in [1.165, 1.54) is 24.0 Å². The fourth-order valence-corrected chi connectivity index (χ4v) is 5.92. The van der Waals surface area contributed by atoms with Crippen LogP contribution in [0.25, 0.3) is 16.7 Å². The average Bonchev–Trinajstić information content (AvgIpc) is 3.64. The number of piperidine rings is 1. The summed E-state index contributed by atoms with van der Waals surface area (Å²) in [5, 5.41) is 15.8. The molecule has 3 saturated heterocycles. The Bertz CT molecular complexity index is 1200. The number of hydrogen-bond donors (Lipinski definition) is 1. The molecule has 3 aliphatic heterocycles. The molecule has 6 rings (SSSR count). The van der Waals surface area contributed by atoms with Crippen LogP contribution in [0.4, 0.5) is 5.82 Å². The number of aromatic nitrogens is 4. The minimum Gasteiger partial charge on any atom is -0.467 e. The second-order valence-corrected chi connectivity index (χ2v) is 10.1. The van der Waals surface area contributed by atoms with Gasteiger partial charge < -0.3 is 19.5 Å². The first kappa shape index (κ1) is 22.7. The number of β-amino-alcohol motifs (C(OH)–C–C–N with tert-alkyl or cyclic N) is 1. The Labute approximate surface area is 205 Å². The third kappa shape index (κ3) is 4.37. The number of aliphatic hydroxyl groups is 1. The quantitative estimate of drug-likeness (QED) is 0.599. The Morgan fingerprint density at radius 1 is 1.03 bits per heavy atom. The summed E-state index contributed by atoms with van der Waals surface area (Å²) in [6, 6.07) is 7.40. The molecule has 2 aromatic heterocycles. The summed E-state index contributed by atoms with van der Waals surface area (Å²) in [6.45, 7) is 7.58. The van der Waals surface area contributed by atoms with E-state index in [-0.39, 0.29) is 6.10 Å². The molecule has 0 amide bonds. The third-order valence-corrected chi connectivity index (χ3v) is 7.91. The molecule has 1 unspecified atom stereocenters.